The number of likely N-dealkylation sites (N-methyl/N-ethyl adjacent to an activating group) is 1. The molecular formula is C20H23N7O6. The van der Waals surface area contributed by atoms with E-state index in [0.717, 1.165) is 5.69 Å². The highest BCUT2D eigenvalue weighted by Gasteiger charge is 2.22. The Kier molecular flexibility index (Phi) is 7.00. The predicted molar refractivity (Wildman–Crippen MR) is 116 cm³/mol. The number of carboxylic acid groups (broad SMARTS) is 2. The maximum atomic E-state index is 12.4. The number of carboxylic acids is 2. The summed E-state index contributed by atoms with van der Waals surface area (Å²) < 4.78 is 0. The van der Waals surface area contributed by atoms with E-state index in [9.17, 15) is 24.3 Å². The number of hydrogen-bond acceptors (Lipinski definition) is 9. The van der Waals surface area contributed by atoms with Gasteiger partial charge in [-0.1, -0.05) is 0 Å². The van der Waals surface area contributed by atoms with Gasteiger partial charge in [-0.15, -0.1) is 0 Å². The van der Waals surface area contributed by atoms with Crippen molar-refractivity contribution in [3.8, 4) is 0 Å². The highest BCUT2D eigenvalue weighted by molar-refractivity contribution is 5.96. The van der Waals surface area contributed by atoms with E-state index in [0.29, 0.717) is 13.1 Å². The molecule has 2 aromatic rings. The first kappa shape index (κ1) is 23.4. The summed E-state index contributed by atoms with van der Waals surface area (Å²) in [5.74, 6) is -3.09. The molecule has 0 fully saturated rings. The molecule has 0 saturated heterocycles. The summed E-state index contributed by atoms with van der Waals surface area (Å²) in [4.78, 5) is 63.3. The van der Waals surface area contributed by atoms with Crippen LogP contribution in [0.3, 0.4) is 0 Å². The van der Waals surface area contributed by atoms with Crippen LogP contribution in [0.1, 0.15) is 23.2 Å². The molecule has 1 aromatic carbocycles. The van der Waals surface area contributed by atoms with E-state index in [4.69, 9.17) is 10.8 Å². The van der Waals surface area contributed by atoms with Crippen molar-refractivity contribution in [2.24, 2.45) is 9.98 Å². The van der Waals surface area contributed by atoms with Crippen LogP contribution in [-0.4, -0.2) is 70.2 Å². The number of nitrogens with one attached hydrogen (secondary N) is 2. The van der Waals surface area contributed by atoms with Gasteiger partial charge in [-0.3, -0.25) is 29.4 Å². The molecule has 3 rings (SSSR count). The molecule has 33 heavy (non-hydrogen) atoms. The molecule has 0 saturated carbocycles. The van der Waals surface area contributed by atoms with Crippen molar-refractivity contribution in [1.29, 1.82) is 0 Å². The second-order valence-corrected chi connectivity index (χ2v) is 7.47. The monoisotopic (exact) mass is 457 g/mol. The number of anilines is 2. The third kappa shape index (κ3) is 5.90. The second-order valence-electron chi connectivity index (χ2n) is 7.47. The van der Waals surface area contributed by atoms with Gasteiger partial charge >= 0.3 is 11.9 Å². The van der Waals surface area contributed by atoms with Gasteiger partial charge in [-0.2, -0.15) is 4.98 Å². The van der Waals surface area contributed by atoms with Crippen LogP contribution in [0, 0.1) is 0 Å². The van der Waals surface area contributed by atoms with Crippen LogP contribution in [0.2, 0.25) is 0 Å². The number of hydrogen-bond donors (Lipinski definition) is 5. The number of aromatic amines is 1. The van der Waals surface area contributed by atoms with Crippen molar-refractivity contribution in [2.45, 2.75) is 24.9 Å². The van der Waals surface area contributed by atoms with Gasteiger partial charge in [0.15, 0.2) is 10.8 Å². The van der Waals surface area contributed by atoms with Crippen molar-refractivity contribution in [2.75, 3.05) is 30.8 Å². The second kappa shape index (κ2) is 9.89. The van der Waals surface area contributed by atoms with Gasteiger partial charge in [0.25, 0.3) is 11.5 Å². The highest BCUT2D eigenvalue weighted by Crippen LogP contribution is 2.15. The third-order valence-electron chi connectivity index (χ3n) is 4.96. The molecule has 2 atom stereocenters. The standard InChI is InChI=1S/C20H23N7O6/c1-27(9-11-8-22-16-15(23-11)18(31)26-20(21)25-16)12-4-2-10(3-5-12)17(30)24-13(19(32)33)6-7-14(28)29/h2-5,11,13H,6-9H2,1H3,(H,24,30)(H,28,29)(H,32,33)(H3,21,22,25,26,31)/t11-,13+/m1/s1. The van der Waals surface area contributed by atoms with Gasteiger partial charge in [0.05, 0.1) is 12.6 Å². The molecule has 0 radical (unpaired) electrons. The minimum atomic E-state index is -1.30. The quantitative estimate of drug-likeness (QED) is 0.286. The first-order chi connectivity index (χ1) is 15.6. The Hall–Kier alpha value is -4.29. The van der Waals surface area contributed by atoms with Gasteiger partial charge in [0.1, 0.15) is 6.04 Å². The van der Waals surface area contributed by atoms with Crippen LogP contribution in [0.25, 0.3) is 0 Å². The first-order valence-electron chi connectivity index (χ1n) is 9.99. The molecule has 0 bridgehead atoms. The van der Waals surface area contributed by atoms with Crippen molar-refractivity contribution < 1.29 is 24.6 Å². The van der Waals surface area contributed by atoms with Gasteiger partial charge in [-0.25, -0.2) is 4.79 Å². The van der Waals surface area contributed by atoms with E-state index in [2.05, 4.69) is 25.3 Å². The van der Waals surface area contributed by atoms with Gasteiger partial charge in [-0.05, 0) is 30.7 Å². The summed E-state index contributed by atoms with van der Waals surface area (Å²) in [5, 5.41) is 20.4. The average Bonchev–Trinajstić information content (AvgIpc) is 2.76. The number of benzene rings is 1. The first-order valence-corrected chi connectivity index (χ1v) is 9.99. The number of nitrogens with two attached hydrogens (primary N) is 1. The number of nitrogen functional groups attached to an aromatic ring is 1. The van der Waals surface area contributed by atoms with Gasteiger partial charge in [0.2, 0.25) is 5.95 Å². The Morgan fingerprint density at radius 3 is 2.61 bits per heavy atom. The Balaban J connectivity index is 1.65. The Morgan fingerprint density at radius 2 is 1.97 bits per heavy atom. The number of nitrogens with zero attached hydrogens (tertiary/aromatic N) is 4. The number of rotatable bonds is 9. The van der Waals surface area contributed by atoms with E-state index >= 15 is 0 Å². The molecule has 0 spiro atoms. The zero-order valence-electron chi connectivity index (χ0n) is 17.7. The Morgan fingerprint density at radius 1 is 1.27 bits per heavy atom. The molecule has 1 aromatic heterocycles. The van der Waals surface area contributed by atoms with Crippen molar-refractivity contribution >= 4 is 29.5 Å². The maximum absolute atomic E-state index is 12.4. The van der Waals surface area contributed by atoms with E-state index in [1.807, 2.05) is 11.9 Å². The lowest BCUT2D eigenvalue weighted by atomic mass is 10.1. The molecule has 2 heterocycles. The fraction of sp³-hybridized carbons (Fsp3) is 0.350. The smallest absolute Gasteiger partial charge is 0.326 e. The largest absolute Gasteiger partial charge is 0.481 e. The molecule has 1 aliphatic rings. The number of fused-ring (bicyclic) bond motifs is 1. The lowest BCUT2D eigenvalue weighted by Crippen LogP contribution is -2.49. The zero-order valence-corrected chi connectivity index (χ0v) is 17.7. The van der Waals surface area contributed by atoms with Crippen LogP contribution in [-0.2, 0) is 9.59 Å². The van der Waals surface area contributed by atoms with Crippen molar-refractivity contribution in [3.63, 3.8) is 0 Å². The number of aromatic nitrogens is 2. The number of amides is 1. The fourth-order valence-corrected chi connectivity index (χ4v) is 3.27. The minimum Gasteiger partial charge on any atom is -0.481 e. The minimum absolute atomic E-state index is 0.0195. The summed E-state index contributed by atoms with van der Waals surface area (Å²) in [6.07, 6.45) is -0.597. The van der Waals surface area contributed by atoms with Gasteiger partial charge in [0, 0.05) is 31.3 Å². The summed E-state index contributed by atoms with van der Waals surface area (Å²) in [5.41, 5.74) is 6.28. The van der Waals surface area contributed by atoms with E-state index in [-0.39, 0.29) is 41.2 Å². The zero-order chi connectivity index (χ0) is 24.1. The van der Waals surface area contributed by atoms with Gasteiger partial charge < -0.3 is 26.2 Å². The summed E-state index contributed by atoms with van der Waals surface area (Å²) in [7, 11) is 1.82. The Bertz CT molecular complexity index is 1240. The van der Waals surface area contributed by atoms with Crippen LogP contribution in [0.15, 0.2) is 39.0 Å². The van der Waals surface area contributed by atoms with E-state index in [1.165, 1.54) is 12.1 Å². The molecular weight excluding hydrogens is 434 g/mol. The average molecular weight is 457 g/mol. The van der Waals surface area contributed by atoms with Crippen LogP contribution < -0.4 is 32.4 Å². The summed E-state index contributed by atoms with van der Waals surface area (Å²) in [6.45, 7) is 0.773. The normalized spacial score (nSPS) is 15.4. The van der Waals surface area contributed by atoms with E-state index in [1.54, 1.807) is 12.1 Å². The SMILES string of the molecule is CN(C[C@H]1CN=c2nc(N)[nH]c(=O)c2=N1)c1ccc(C(=O)N[C@@H](CCC(=O)O)C(=O)O)cc1. The van der Waals surface area contributed by atoms with Crippen LogP contribution in [0.5, 0.6) is 0 Å². The lowest BCUT2D eigenvalue weighted by Gasteiger charge is -2.23. The predicted octanol–water partition coefficient (Wildman–Crippen LogP) is -1.84. The third-order valence-corrected chi connectivity index (χ3v) is 4.96. The molecule has 1 amide bonds. The molecule has 0 unspecified atom stereocenters. The molecule has 0 aliphatic carbocycles. The number of aliphatic carboxylic acids is 2. The fourth-order valence-electron chi connectivity index (χ4n) is 3.27. The summed E-state index contributed by atoms with van der Waals surface area (Å²) in [6, 6.07) is 4.85. The maximum Gasteiger partial charge on any atom is 0.326 e. The van der Waals surface area contributed by atoms with Crippen LogP contribution >= 0.6 is 0 Å². The van der Waals surface area contributed by atoms with E-state index < -0.39 is 29.4 Å². The molecule has 13 heteroatoms. The number of H-pyrrole nitrogens is 1. The van der Waals surface area contributed by atoms with Crippen LogP contribution in [0.4, 0.5) is 11.6 Å². The lowest BCUT2D eigenvalue weighted by molar-refractivity contribution is -0.140. The Labute approximate surface area is 186 Å². The van der Waals surface area contributed by atoms with Crippen molar-refractivity contribution in [3.05, 3.63) is 51.0 Å². The van der Waals surface area contributed by atoms with Crippen molar-refractivity contribution in [1.82, 2.24) is 15.3 Å². The molecule has 13 nitrogen and oxygen atoms in total. The topological polar surface area (TPSA) is 203 Å². The molecule has 1 aliphatic heterocycles. The number of carbonyl (C=O) groups is 3. The molecule has 6 N–H and O–H groups in total. The summed E-state index contributed by atoms with van der Waals surface area (Å²) >= 11 is 0. The highest BCUT2D eigenvalue weighted by atomic mass is 16.4. The number of carbonyl (C=O) groups excluding carboxylic acids is 1. The molecule has 174 valence electrons.